The third-order valence-corrected chi connectivity index (χ3v) is 3.44. The minimum Gasteiger partial charge on any atom is -0.465 e. The molecular formula is C15H20N2O4. The van der Waals surface area contributed by atoms with Crippen molar-refractivity contribution < 1.29 is 19.1 Å². The zero-order chi connectivity index (χ0) is 15.2. The molecule has 1 saturated heterocycles. The highest BCUT2D eigenvalue weighted by Crippen LogP contribution is 2.13. The number of amides is 2. The van der Waals surface area contributed by atoms with Gasteiger partial charge in [-0.05, 0) is 30.7 Å². The Kier molecular flexibility index (Phi) is 5.16. The van der Waals surface area contributed by atoms with E-state index in [0.29, 0.717) is 30.9 Å². The SMILES string of the molecule is CC[C@H]1CN(C(=O)Nc2ccc(C(=O)OC)cc2)CCO1. The molecule has 1 aliphatic heterocycles. The summed E-state index contributed by atoms with van der Waals surface area (Å²) in [6.07, 6.45) is 0.989. The lowest BCUT2D eigenvalue weighted by Gasteiger charge is -2.32. The number of carbonyl (C=O) groups excluding carboxylic acids is 2. The minimum atomic E-state index is -0.396. The topological polar surface area (TPSA) is 67.9 Å². The molecule has 0 radical (unpaired) electrons. The summed E-state index contributed by atoms with van der Waals surface area (Å²) in [7, 11) is 1.33. The number of urea groups is 1. The Hall–Kier alpha value is -2.08. The summed E-state index contributed by atoms with van der Waals surface area (Å²) in [5.41, 5.74) is 1.10. The number of rotatable bonds is 3. The van der Waals surface area contributed by atoms with E-state index in [1.165, 1.54) is 7.11 Å². The van der Waals surface area contributed by atoms with Crippen LogP contribution in [0.2, 0.25) is 0 Å². The minimum absolute atomic E-state index is 0.103. The summed E-state index contributed by atoms with van der Waals surface area (Å²) >= 11 is 0. The van der Waals surface area contributed by atoms with Crippen molar-refractivity contribution in [2.75, 3.05) is 32.1 Å². The first-order valence-corrected chi connectivity index (χ1v) is 7.00. The number of nitrogens with zero attached hydrogens (tertiary/aromatic N) is 1. The molecule has 1 aromatic rings. The first-order chi connectivity index (χ1) is 10.1. The molecule has 6 heteroatoms. The van der Waals surface area contributed by atoms with Gasteiger partial charge in [0.2, 0.25) is 0 Å². The molecule has 2 amide bonds. The summed E-state index contributed by atoms with van der Waals surface area (Å²) < 4.78 is 10.2. The third-order valence-electron chi connectivity index (χ3n) is 3.44. The number of benzene rings is 1. The van der Waals surface area contributed by atoms with Gasteiger partial charge in [0.25, 0.3) is 0 Å². The smallest absolute Gasteiger partial charge is 0.337 e. The molecule has 0 unspecified atom stereocenters. The highest BCUT2D eigenvalue weighted by Gasteiger charge is 2.23. The number of esters is 1. The van der Waals surface area contributed by atoms with Crippen LogP contribution in [0.3, 0.4) is 0 Å². The zero-order valence-electron chi connectivity index (χ0n) is 12.3. The standard InChI is InChI=1S/C15H20N2O4/c1-3-13-10-17(8-9-21-13)15(19)16-12-6-4-11(5-7-12)14(18)20-2/h4-7,13H,3,8-10H2,1-2H3,(H,16,19)/t13-/m0/s1. The van der Waals surface area contributed by atoms with Gasteiger partial charge in [-0.2, -0.15) is 0 Å². The van der Waals surface area contributed by atoms with Crippen molar-refractivity contribution in [1.82, 2.24) is 4.90 Å². The van der Waals surface area contributed by atoms with Gasteiger partial charge in [0.1, 0.15) is 0 Å². The van der Waals surface area contributed by atoms with Crippen LogP contribution in [0.5, 0.6) is 0 Å². The van der Waals surface area contributed by atoms with Crippen LogP contribution in [0.25, 0.3) is 0 Å². The number of morpholine rings is 1. The molecule has 1 heterocycles. The molecule has 0 bridgehead atoms. The quantitative estimate of drug-likeness (QED) is 0.866. The van der Waals surface area contributed by atoms with E-state index in [9.17, 15) is 9.59 Å². The van der Waals surface area contributed by atoms with Crippen LogP contribution in [0.15, 0.2) is 24.3 Å². The van der Waals surface area contributed by atoms with E-state index in [0.717, 1.165) is 6.42 Å². The van der Waals surface area contributed by atoms with Gasteiger partial charge < -0.3 is 19.7 Å². The first kappa shape index (κ1) is 15.3. The predicted octanol–water partition coefficient (Wildman–Crippen LogP) is 2.12. The Bertz CT molecular complexity index is 501. The Labute approximate surface area is 124 Å². The van der Waals surface area contributed by atoms with Crippen LogP contribution in [0, 0.1) is 0 Å². The van der Waals surface area contributed by atoms with E-state index in [-0.39, 0.29) is 12.1 Å². The average molecular weight is 292 g/mol. The normalized spacial score (nSPS) is 18.2. The zero-order valence-corrected chi connectivity index (χ0v) is 12.3. The molecule has 114 valence electrons. The summed E-state index contributed by atoms with van der Waals surface area (Å²) in [5.74, 6) is -0.396. The van der Waals surface area contributed by atoms with Crippen LogP contribution in [-0.4, -0.2) is 49.8 Å². The van der Waals surface area contributed by atoms with Crippen molar-refractivity contribution in [2.45, 2.75) is 19.4 Å². The third kappa shape index (κ3) is 3.95. The summed E-state index contributed by atoms with van der Waals surface area (Å²) in [6.45, 7) is 3.79. The number of carbonyl (C=O) groups is 2. The second kappa shape index (κ2) is 7.08. The van der Waals surface area contributed by atoms with Crippen molar-refractivity contribution >= 4 is 17.7 Å². The van der Waals surface area contributed by atoms with Gasteiger partial charge in [0, 0.05) is 18.8 Å². The maximum absolute atomic E-state index is 12.2. The summed E-state index contributed by atoms with van der Waals surface area (Å²) in [6, 6.07) is 6.46. The van der Waals surface area contributed by atoms with E-state index in [2.05, 4.69) is 10.1 Å². The molecular weight excluding hydrogens is 272 g/mol. The maximum atomic E-state index is 12.2. The summed E-state index contributed by atoms with van der Waals surface area (Å²) in [4.78, 5) is 25.2. The van der Waals surface area contributed by atoms with Crippen molar-refractivity contribution in [2.24, 2.45) is 0 Å². The fourth-order valence-corrected chi connectivity index (χ4v) is 2.16. The lowest BCUT2D eigenvalue weighted by atomic mass is 10.2. The number of methoxy groups -OCH3 is 1. The van der Waals surface area contributed by atoms with Crippen LogP contribution < -0.4 is 5.32 Å². The van der Waals surface area contributed by atoms with Crippen molar-refractivity contribution in [3.05, 3.63) is 29.8 Å². The Morgan fingerprint density at radius 1 is 1.38 bits per heavy atom. The molecule has 1 aliphatic rings. The van der Waals surface area contributed by atoms with Crippen LogP contribution in [0.1, 0.15) is 23.7 Å². The molecule has 1 atom stereocenters. The van der Waals surface area contributed by atoms with Gasteiger partial charge in [-0.25, -0.2) is 9.59 Å². The molecule has 0 aromatic heterocycles. The second-order valence-corrected chi connectivity index (χ2v) is 4.85. The van der Waals surface area contributed by atoms with E-state index in [1.807, 2.05) is 6.92 Å². The predicted molar refractivity (Wildman–Crippen MR) is 78.4 cm³/mol. The van der Waals surface area contributed by atoms with E-state index in [1.54, 1.807) is 29.2 Å². The molecule has 6 nitrogen and oxygen atoms in total. The lowest BCUT2D eigenvalue weighted by molar-refractivity contribution is -0.0134. The van der Waals surface area contributed by atoms with Gasteiger partial charge in [-0.3, -0.25) is 0 Å². The second-order valence-electron chi connectivity index (χ2n) is 4.85. The van der Waals surface area contributed by atoms with E-state index >= 15 is 0 Å². The Balaban J connectivity index is 1.94. The molecule has 21 heavy (non-hydrogen) atoms. The van der Waals surface area contributed by atoms with Gasteiger partial charge >= 0.3 is 12.0 Å². The molecule has 1 fully saturated rings. The van der Waals surface area contributed by atoms with Crippen molar-refractivity contribution in [3.8, 4) is 0 Å². The van der Waals surface area contributed by atoms with E-state index in [4.69, 9.17) is 4.74 Å². The average Bonchev–Trinajstić information content (AvgIpc) is 2.54. The van der Waals surface area contributed by atoms with Crippen molar-refractivity contribution in [3.63, 3.8) is 0 Å². The first-order valence-electron chi connectivity index (χ1n) is 7.00. The lowest BCUT2D eigenvalue weighted by Crippen LogP contribution is -2.47. The molecule has 1 aromatic carbocycles. The highest BCUT2D eigenvalue weighted by molar-refractivity contribution is 5.92. The van der Waals surface area contributed by atoms with Crippen LogP contribution >= 0.6 is 0 Å². The fourth-order valence-electron chi connectivity index (χ4n) is 2.16. The van der Waals surface area contributed by atoms with Gasteiger partial charge in [-0.15, -0.1) is 0 Å². The molecule has 2 rings (SSSR count). The molecule has 0 spiro atoms. The van der Waals surface area contributed by atoms with Gasteiger partial charge in [-0.1, -0.05) is 6.92 Å². The summed E-state index contributed by atoms with van der Waals surface area (Å²) in [5, 5.41) is 2.82. The van der Waals surface area contributed by atoms with Crippen LogP contribution in [0.4, 0.5) is 10.5 Å². The number of nitrogens with one attached hydrogen (secondary N) is 1. The monoisotopic (exact) mass is 292 g/mol. The Morgan fingerprint density at radius 2 is 2.10 bits per heavy atom. The maximum Gasteiger partial charge on any atom is 0.337 e. The van der Waals surface area contributed by atoms with Gasteiger partial charge in [0.05, 0.1) is 25.4 Å². The molecule has 0 aliphatic carbocycles. The number of anilines is 1. The number of hydrogen-bond donors (Lipinski definition) is 1. The molecule has 0 saturated carbocycles. The Morgan fingerprint density at radius 3 is 2.71 bits per heavy atom. The largest absolute Gasteiger partial charge is 0.465 e. The molecule has 1 N–H and O–H groups in total. The van der Waals surface area contributed by atoms with E-state index < -0.39 is 5.97 Å². The van der Waals surface area contributed by atoms with Crippen molar-refractivity contribution in [1.29, 1.82) is 0 Å². The number of ether oxygens (including phenoxy) is 2. The highest BCUT2D eigenvalue weighted by atomic mass is 16.5. The van der Waals surface area contributed by atoms with Gasteiger partial charge in [0.15, 0.2) is 0 Å². The van der Waals surface area contributed by atoms with Crippen LogP contribution in [-0.2, 0) is 9.47 Å². The fraction of sp³-hybridized carbons (Fsp3) is 0.467. The number of hydrogen-bond acceptors (Lipinski definition) is 4.